The molecule has 0 saturated carbocycles. The van der Waals surface area contributed by atoms with Crippen LogP contribution in [-0.4, -0.2) is 39.0 Å². The predicted octanol–water partition coefficient (Wildman–Crippen LogP) is 2.65. The van der Waals surface area contributed by atoms with E-state index >= 15 is 0 Å². The quantitative estimate of drug-likeness (QED) is 0.303. The van der Waals surface area contributed by atoms with Gasteiger partial charge in [0.15, 0.2) is 5.96 Å². The summed E-state index contributed by atoms with van der Waals surface area (Å²) >= 11 is 0. The molecule has 0 aliphatic rings. The van der Waals surface area contributed by atoms with Crippen molar-refractivity contribution < 1.29 is 0 Å². The lowest BCUT2D eigenvalue weighted by atomic mass is 10.1. The third-order valence-electron chi connectivity index (χ3n) is 4.61. The van der Waals surface area contributed by atoms with Crippen LogP contribution in [0, 0.1) is 6.92 Å². The summed E-state index contributed by atoms with van der Waals surface area (Å²) < 4.78 is 1.93. The standard InChI is InChI=1S/C21H29N7/c1-3-22-21(23-11-6-10-18-15-25-27-17(18)2)24-14-19-8-4-5-9-20(19)16-28-13-7-12-26-28/h4-5,7-9,12-13,15H,3,6,10-11,14,16H2,1-2H3,(H,25,27)(H2,22,23,24). The molecule has 2 heterocycles. The Morgan fingerprint density at radius 2 is 2.00 bits per heavy atom. The zero-order valence-electron chi connectivity index (χ0n) is 16.7. The number of hydrogen-bond acceptors (Lipinski definition) is 3. The lowest BCUT2D eigenvalue weighted by Gasteiger charge is -2.12. The van der Waals surface area contributed by atoms with Gasteiger partial charge in [0.1, 0.15) is 0 Å². The highest BCUT2D eigenvalue weighted by Crippen LogP contribution is 2.11. The van der Waals surface area contributed by atoms with Crippen LogP contribution >= 0.6 is 0 Å². The second-order valence-corrected chi connectivity index (χ2v) is 6.72. The molecule has 7 heteroatoms. The number of H-pyrrole nitrogens is 1. The SMILES string of the molecule is CCNC(=NCc1ccccc1Cn1cccn1)NCCCc1cn[nH]c1C. The van der Waals surface area contributed by atoms with E-state index in [1.807, 2.05) is 23.1 Å². The van der Waals surface area contributed by atoms with Crippen molar-refractivity contribution in [2.24, 2.45) is 4.99 Å². The van der Waals surface area contributed by atoms with Gasteiger partial charge in [0.05, 0.1) is 19.3 Å². The molecule has 28 heavy (non-hydrogen) atoms. The molecule has 0 bridgehead atoms. The monoisotopic (exact) mass is 379 g/mol. The zero-order valence-corrected chi connectivity index (χ0v) is 16.7. The van der Waals surface area contributed by atoms with Crippen LogP contribution in [0.5, 0.6) is 0 Å². The van der Waals surface area contributed by atoms with E-state index in [-0.39, 0.29) is 0 Å². The number of aromatic nitrogens is 4. The van der Waals surface area contributed by atoms with Gasteiger partial charge in [-0.1, -0.05) is 24.3 Å². The second kappa shape index (κ2) is 10.3. The minimum absolute atomic E-state index is 0.633. The molecule has 3 aromatic rings. The van der Waals surface area contributed by atoms with Crippen molar-refractivity contribution in [1.82, 2.24) is 30.6 Å². The number of aliphatic imine (C=N–C) groups is 1. The van der Waals surface area contributed by atoms with Gasteiger partial charge < -0.3 is 10.6 Å². The first kappa shape index (κ1) is 19.7. The minimum Gasteiger partial charge on any atom is -0.357 e. The van der Waals surface area contributed by atoms with Crippen molar-refractivity contribution in [2.75, 3.05) is 13.1 Å². The van der Waals surface area contributed by atoms with Crippen molar-refractivity contribution >= 4 is 5.96 Å². The Hall–Kier alpha value is -3.09. The largest absolute Gasteiger partial charge is 0.357 e. The number of benzene rings is 1. The minimum atomic E-state index is 0.633. The van der Waals surface area contributed by atoms with Gasteiger partial charge in [-0.15, -0.1) is 0 Å². The summed E-state index contributed by atoms with van der Waals surface area (Å²) in [5, 5.41) is 18.1. The van der Waals surface area contributed by atoms with Gasteiger partial charge >= 0.3 is 0 Å². The summed E-state index contributed by atoms with van der Waals surface area (Å²) in [6.07, 6.45) is 7.72. The molecule has 0 radical (unpaired) electrons. The van der Waals surface area contributed by atoms with E-state index in [9.17, 15) is 0 Å². The maximum atomic E-state index is 4.77. The van der Waals surface area contributed by atoms with E-state index in [0.717, 1.165) is 44.1 Å². The van der Waals surface area contributed by atoms with Crippen molar-refractivity contribution in [2.45, 2.75) is 39.8 Å². The lowest BCUT2D eigenvalue weighted by Crippen LogP contribution is -2.37. The van der Waals surface area contributed by atoms with Crippen LogP contribution in [-0.2, 0) is 19.5 Å². The lowest BCUT2D eigenvalue weighted by molar-refractivity contribution is 0.680. The molecule has 0 atom stereocenters. The Kier molecular flexibility index (Phi) is 7.23. The molecule has 0 amide bonds. The van der Waals surface area contributed by atoms with E-state index in [1.165, 1.54) is 16.7 Å². The number of nitrogens with zero attached hydrogens (tertiary/aromatic N) is 4. The number of nitrogens with one attached hydrogen (secondary N) is 3. The number of aromatic amines is 1. The smallest absolute Gasteiger partial charge is 0.191 e. The third-order valence-corrected chi connectivity index (χ3v) is 4.61. The summed E-state index contributed by atoms with van der Waals surface area (Å²) in [5.74, 6) is 0.848. The number of hydrogen-bond donors (Lipinski definition) is 3. The Labute approximate surface area is 166 Å². The molecule has 0 aliphatic heterocycles. The topological polar surface area (TPSA) is 82.9 Å². The van der Waals surface area contributed by atoms with Crippen molar-refractivity contribution in [3.05, 3.63) is 71.3 Å². The molecule has 1 aromatic carbocycles. The zero-order chi connectivity index (χ0) is 19.6. The van der Waals surface area contributed by atoms with Gasteiger partial charge in [-0.3, -0.25) is 9.78 Å². The molecule has 0 fully saturated rings. The van der Waals surface area contributed by atoms with Crippen molar-refractivity contribution in [1.29, 1.82) is 0 Å². The maximum absolute atomic E-state index is 4.77. The fraction of sp³-hybridized carbons (Fsp3) is 0.381. The van der Waals surface area contributed by atoms with Crippen molar-refractivity contribution in [3.8, 4) is 0 Å². The third kappa shape index (κ3) is 5.70. The normalized spacial score (nSPS) is 11.6. The van der Waals surface area contributed by atoms with E-state index < -0.39 is 0 Å². The molecule has 0 unspecified atom stereocenters. The van der Waals surface area contributed by atoms with Gasteiger partial charge in [-0.05, 0) is 49.4 Å². The molecule has 2 aromatic heterocycles. The van der Waals surface area contributed by atoms with Gasteiger partial charge in [-0.2, -0.15) is 10.2 Å². The Morgan fingerprint density at radius 3 is 2.71 bits per heavy atom. The summed E-state index contributed by atoms with van der Waals surface area (Å²) in [6, 6.07) is 10.3. The molecule has 0 spiro atoms. The Balaban J connectivity index is 1.56. The summed E-state index contributed by atoms with van der Waals surface area (Å²) in [6.45, 7) is 7.23. The first-order chi connectivity index (χ1) is 13.8. The van der Waals surface area contributed by atoms with E-state index in [1.54, 1.807) is 6.20 Å². The van der Waals surface area contributed by atoms with E-state index in [0.29, 0.717) is 6.54 Å². The predicted molar refractivity (Wildman–Crippen MR) is 112 cm³/mol. The molecule has 0 aliphatic carbocycles. The van der Waals surface area contributed by atoms with Crippen LogP contribution in [0.15, 0.2) is 53.9 Å². The maximum Gasteiger partial charge on any atom is 0.191 e. The van der Waals surface area contributed by atoms with Gasteiger partial charge in [-0.25, -0.2) is 4.99 Å². The van der Waals surface area contributed by atoms with E-state index in [2.05, 4.69) is 64.0 Å². The first-order valence-corrected chi connectivity index (χ1v) is 9.81. The van der Waals surface area contributed by atoms with Crippen LogP contribution in [0.25, 0.3) is 0 Å². The fourth-order valence-electron chi connectivity index (χ4n) is 3.05. The summed E-state index contributed by atoms with van der Waals surface area (Å²) in [5.41, 5.74) is 4.87. The number of guanidine groups is 1. The summed E-state index contributed by atoms with van der Waals surface area (Å²) in [7, 11) is 0. The highest BCUT2D eigenvalue weighted by atomic mass is 15.3. The number of rotatable bonds is 9. The van der Waals surface area contributed by atoms with Crippen molar-refractivity contribution in [3.63, 3.8) is 0 Å². The van der Waals surface area contributed by atoms with Gasteiger partial charge in [0, 0.05) is 31.2 Å². The van der Waals surface area contributed by atoms with Crippen LogP contribution in [0.1, 0.15) is 35.7 Å². The molecule has 3 N–H and O–H groups in total. The molecule has 7 nitrogen and oxygen atoms in total. The highest BCUT2D eigenvalue weighted by Gasteiger charge is 2.04. The molecular weight excluding hydrogens is 350 g/mol. The average molecular weight is 380 g/mol. The first-order valence-electron chi connectivity index (χ1n) is 9.81. The van der Waals surface area contributed by atoms with Crippen LogP contribution in [0.4, 0.5) is 0 Å². The Morgan fingerprint density at radius 1 is 1.14 bits per heavy atom. The molecule has 0 saturated heterocycles. The van der Waals surface area contributed by atoms with E-state index in [4.69, 9.17) is 4.99 Å². The van der Waals surface area contributed by atoms with Crippen LogP contribution in [0.3, 0.4) is 0 Å². The van der Waals surface area contributed by atoms with Crippen LogP contribution in [0.2, 0.25) is 0 Å². The Bertz CT molecular complexity index is 865. The molecule has 148 valence electrons. The summed E-state index contributed by atoms with van der Waals surface area (Å²) in [4.78, 5) is 4.77. The fourth-order valence-corrected chi connectivity index (χ4v) is 3.05. The van der Waals surface area contributed by atoms with Gasteiger partial charge in [0.2, 0.25) is 0 Å². The van der Waals surface area contributed by atoms with Gasteiger partial charge in [0.25, 0.3) is 0 Å². The highest BCUT2D eigenvalue weighted by molar-refractivity contribution is 5.79. The van der Waals surface area contributed by atoms with Crippen LogP contribution < -0.4 is 10.6 Å². The average Bonchev–Trinajstić information content (AvgIpc) is 3.36. The second-order valence-electron chi connectivity index (χ2n) is 6.72. The number of aryl methyl sites for hydroxylation is 2. The molecular formula is C21H29N7. The molecule has 3 rings (SSSR count).